The van der Waals surface area contributed by atoms with Crippen LogP contribution in [0.25, 0.3) is 11.0 Å². The Morgan fingerprint density at radius 2 is 2.29 bits per heavy atom. The first-order chi connectivity index (χ1) is 6.59. The van der Waals surface area contributed by atoms with Gasteiger partial charge in [-0.1, -0.05) is 0 Å². The summed E-state index contributed by atoms with van der Waals surface area (Å²) in [7, 11) is 0. The van der Waals surface area contributed by atoms with Crippen molar-refractivity contribution >= 4 is 16.9 Å². The summed E-state index contributed by atoms with van der Waals surface area (Å²) < 4.78 is 0.513. The van der Waals surface area contributed by atoms with Gasteiger partial charge < -0.3 is 15.9 Å². The Morgan fingerprint density at radius 1 is 1.57 bits per heavy atom. The van der Waals surface area contributed by atoms with Crippen LogP contribution in [0.2, 0.25) is 0 Å². The number of H-pyrrole nitrogens is 1. The maximum atomic E-state index is 11.0. The molecule has 2 aromatic rings. The van der Waals surface area contributed by atoms with Crippen LogP contribution in [0.4, 0.5) is 0 Å². The SMILES string of the molecule is N=C(N)c1ccc2c(c1)[nH]c(=O)n2O. The number of aromatic amines is 1. The van der Waals surface area contributed by atoms with E-state index < -0.39 is 5.69 Å². The van der Waals surface area contributed by atoms with Crippen LogP contribution in [-0.2, 0) is 0 Å². The van der Waals surface area contributed by atoms with E-state index in [0.717, 1.165) is 0 Å². The van der Waals surface area contributed by atoms with Gasteiger partial charge in [0.2, 0.25) is 0 Å². The zero-order chi connectivity index (χ0) is 10.3. The fourth-order valence-corrected chi connectivity index (χ4v) is 1.27. The molecule has 6 nitrogen and oxygen atoms in total. The number of nitrogens with two attached hydrogens (primary N) is 1. The van der Waals surface area contributed by atoms with Crippen molar-refractivity contribution in [1.29, 1.82) is 5.41 Å². The van der Waals surface area contributed by atoms with E-state index in [9.17, 15) is 10.0 Å². The summed E-state index contributed by atoms with van der Waals surface area (Å²) in [4.78, 5) is 13.4. The lowest BCUT2D eigenvalue weighted by atomic mass is 10.2. The van der Waals surface area contributed by atoms with Gasteiger partial charge in [-0.15, -0.1) is 4.73 Å². The maximum absolute atomic E-state index is 11.0. The van der Waals surface area contributed by atoms with Gasteiger partial charge in [0.15, 0.2) is 0 Å². The fourth-order valence-electron chi connectivity index (χ4n) is 1.27. The first kappa shape index (κ1) is 8.36. The van der Waals surface area contributed by atoms with Crippen molar-refractivity contribution in [3.8, 4) is 0 Å². The second-order valence-corrected chi connectivity index (χ2v) is 2.89. The van der Waals surface area contributed by atoms with Crippen molar-refractivity contribution in [3.05, 3.63) is 34.2 Å². The van der Waals surface area contributed by atoms with Crippen LogP contribution in [-0.4, -0.2) is 20.8 Å². The van der Waals surface area contributed by atoms with Crippen LogP contribution in [0, 0.1) is 5.41 Å². The van der Waals surface area contributed by atoms with Gasteiger partial charge in [0.25, 0.3) is 0 Å². The average molecular weight is 192 g/mol. The van der Waals surface area contributed by atoms with E-state index in [1.54, 1.807) is 6.07 Å². The number of hydrogen-bond donors (Lipinski definition) is 4. The Bertz CT molecular complexity index is 566. The van der Waals surface area contributed by atoms with Crippen LogP contribution in [0.1, 0.15) is 5.56 Å². The van der Waals surface area contributed by atoms with Gasteiger partial charge >= 0.3 is 5.69 Å². The number of benzene rings is 1. The number of rotatable bonds is 1. The van der Waals surface area contributed by atoms with Crippen LogP contribution < -0.4 is 11.4 Å². The summed E-state index contributed by atoms with van der Waals surface area (Å²) in [6.45, 7) is 0. The summed E-state index contributed by atoms with van der Waals surface area (Å²) >= 11 is 0. The van der Waals surface area contributed by atoms with Crippen LogP contribution in [0.15, 0.2) is 23.0 Å². The molecular weight excluding hydrogens is 184 g/mol. The van der Waals surface area contributed by atoms with Crippen molar-refractivity contribution < 1.29 is 5.21 Å². The van der Waals surface area contributed by atoms with Crippen LogP contribution in [0.3, 0.4) is 0 Å². The molecule has 0 aliphatic heterocycles. The minimum Gasteiger partial charge on any atom is -0.424 e. The predicted octanol–water partition coefficient (Wildman–Crippen LogP) is -0.149. The number of hydrogen-bond acceptors (Lipinski definition) is 3. The van der Waals surface area contributed by atoms with Crippen LogP contribution >= 0.6 is 0 Å². The minimum atomic E-state index is -0.610. The molecule has 2 rings (SSSR count). The van der Waals surface area contributed by atoms with E-state index in [1.165, 1.54) is 12.1 Å². The highest BCUT2D eigenvalue weighted by Crippen LogP contribution is 2.10. The normalized spacial score (nSPS) is 10.6. The quantitative estimate of drug-likeness (QED) is 0.286. The van der Waals surface area contributed by atoms with Gasteiger partial charge in [-0.25, -0.2) is 4.79 Å². The number of aromatic nitrogens is 2. The van der Waals surface area contributed by atoms with Gasteiger partial charge in [0, 0.05) is 5.56 Å². The Kier molecular flexibility index (Phi) is 1.57. The van der Waals surface area contributed by atoms with Gasteiger partial charge in [0.05, 0.1) is 5.52 Å². The van der Waals surface area contributed by atoms with E-state index in [-0.39, 0.29) is 5.84 Å². The lowest BCUT2D eigenvalue weighted by molar-refractivity contribution is 0.188. The van der Waals surface area contributed by atoms with Gasteiger partial charge in [-0.2, -0.15) is 0 Å². The van der Waals surface area contributed by atoms with Crippen molar-refractivity contribution in [1.82, 2.24) is 9.71 Å². The second-order valence-electron chi connectivity index (χ2n) is 2.89. The molecule has 6 heteroatoms. The second kappa shape index (κ2) is 2.63. The third kappa shape index (κ3) is 1.05. The molecule has 14 heavy (non-hydrogen) atoms. The van der Waals surface area contributed by atoms with Gasteiger partial charge in [-0.05, 0) is 18.2 Å². The van der Waals surface area contributed by atoms with E-state index in [4.69, 9.17) is 11.1 Å². The molecular formula is C8H8N4O2. The Hall–Kier alpha value is -2.24. The zero-order valence-electron chi connectivity index (χ0n) is 7.11. The zero-order valence-corrected chi connectivity index (χ0v) is 7.11. The number of amidine groups is 1. The van der Waals surface area contributed by atoms with Gasteiger partial charge in [-0.3, -0.25) is 5.41 Å². The molecule has 0 amide bonds. The highest BCUT2D eigenvalue weighted by atomic mass is 16.5. The number of nitrogen functional groups attached to an aromatic ring is 1. The highest BCUT2D eigenvalue weighted by Gasteiger charge is 2.06. The Labute approximate surface area is 78.1 Å². The first-order valence-electron chi connectivity index (χ1n) is 3.88. The monoisotopic (exact) mass is 192 g/mol. The summed E-state index contributed by atoms with van der Waals surface area (Å²) in [6.07, 6.45) is 0. The molecule has 0 aliphatic carbocycles. The van der Waals surface area contributed by atoms with E-state index in [0.29, 0.717) is 21.3 Å². The Morgan fingerprint density at radius 3 is 2.93 bits per heavy atom. The molecule has 72 valence electrons. The predicted molar refractivity (Wildman–Crippen MR) is 50.8 cm³/mol. The third-order valence-corrected chi connectivity index (χ3v) is 1.97. The first-order valence-corrected chi connectivity index (χ1v) is 3.88. The molecule has 0 atom stereocenters. The molecule has 0 spiro atoms. The molecule has 0 aliphatic rings. The average Bonchev–Trinajstić information content (AvgIpc) is 2.42. The largest absolute Gasteiger partial charge is 0.424 e. The number of nitrogens with one attached hydrogen (secondary N) is 2. The lowest BCUT2D eigenvalue weighted by Crippen LogP contribution is -2.12. The van der Waals surface area contributed by atoms with Crippen molar-refractivity contribution in [2.24, 2.45) is 5.73 Å². The number of imidazole rings is 1. The molecule has 1 aromatic heterocycles. The summed E-state index contributed by atoms with van der Waals surface area (Å²) in [6, 6.07) is 4.61. The van der Waals surface area contributed by atoms with Gasteiger partial charge in [0.1, 0.15) is 11.4 Å². The Balaban J connectivity index is 2.80. The molecule has 1 heterocycles. The fraction of sp³-hybridized carbons (Fsp3) is 0. The molecule has 1 aromatic carbocycles. The summed E-state index contributed by atoms with van der Waals surface area (Å²) in [5, 5.41) is 16.4. The van der Waals surface area contributed by atoms with Crippen LogP contribution in [0.5, 0.6) is 0 Å². The molecule has 5 N–H and O–H groups in total. The summed E-state index contributed by atoms with van der Waals surface area (Å²) in [5.41, 5.74) is 5.97. The lowest BCUT2D eigenvalue weighted by Gasteiger charge is -1.97. The molecule has 0 saturated carbocycles. The standard InChI is InChI=1S/C8H8N4O2/c9-7(10)4-1-2-6-5(3-4)11-8(13)12(6)14/h1-3,14H,(H3,9,10)(H,11,13). The summed E-state index contributed by atoms with van der Waals surface area (Å²) in [5.74, 6) is -0.0848. The highest BCUT2D eigenvalue weighted by molar-refractivity contribution is 5.97. The number of nitrogens with zero attached hydrogens (tertiary/aromatic N) is 1. The minimum absolute atomic E-state index is 0.0848. The maximum Gasteiger partial charge on any atom is 0.359 e. The van der Waals surface area contributed by atoms with E-state index in [2.05, 4.69) is 4.98 Å². The topological polar surface area (TPSA) is 108 Å². The van der Waals surface area contributed by atoms with Crippen molar-refractivity contribution in [2.75, 3.05) is 0 Å². The molecule has 0 unspecified atom stereocenters. The third-order valence-electron chi connectivity index (χ3n) is 1.97. The van der Waals surface area contributed by atoms with Crippen molar-refractivity contribution in [2.45, 2.75) is 0 Å². The van der Waals surface area contributed by atoms with E-state index in [1.807, 2.05) is 0 Å². The number of fused-ring (bicyclic) bond motifs is 1. The molecule has 0 fully saturated rings. The van der Waals surface area contributed by atoms with Crippen molar-refractivity contribution in [3.63, 3.8) is 0 Å². The molecule has 0 bridgehead atoms. The smallest absolute Gasteiger partial charge is 0.359 e. The molecule has 0 radical (unpaired) electrons. The van der Waals surface area contributed by atoms with E-state index >= 15 is 0 Å². The molecule has 0 saturated heterocycles.